The van der Waals surface area contributed by atoms with Gasteiger partial charge in [0.2, 0.25) is 0 Å². The fourth-order valence-electron chi connectivity index (χ4n) is 4.21. The number of hydrogen-bond acceptors (Lipinski definition) is 4. The molecule has 174 valence electrons. The first-order valence-corrected chi connectivity index (χ1v) is 10.8. The second-order valence-electron chi connectivity index (χ2n) is 8.10. The van der Waals surface area contributed by atoms with Gasteiger partial charge in [-0.3, -0.25) is 9.78 Å². The molecule has 10 heteroatoms. The highest BCUT2D eigenvalue weighted by Gasteiger charge is 2.65. The maximum absolute atomic E-state index is 13.4. The van der Waals surface area contributed by atoms with Crippen molar-refractivity contribution >= 4 is 29.2 Å². The van der Waals surface area contributed by atoms with E-state index in [9.17, 15) is 22.8 Å². The molecule has 1 saturated heterocycles. The van der Waals surface area contributed by atoms with Gasteiger partial charge in [0, 0.05) is 35.1 Å². The average molecular weight is 488 g/mol. The molecule has 0 radical (unpaired) electrons. The van der Waals surface area contributed by atoms with Crippen LogP contribution >= 0.6 is 11.6 Å². The molecular formula is C24H17ClF3N3O3. The molecule has 0 N–H and O–H groups in total. The third-order valence-corrected chi connectivity index (χ3v) is 6.33. The number of alkyl halides is 3. The Morgan fingerprint density at radius 3 is 2.35 bits per heavy atom. The van der Waals surface area contributed by atoms with Crippen molar-refractivity contribution in [3.63, 3.8) is 0 Å². The lowest BCUT2D eigenvalue weighted by Gasteiger charge is -2.23. The summed E-state index contributed by atoms with van der Waals surface area (Å²) >= 11 is 6.37. The van der Waals surface area contributed by atoms with Crippen molar-refractivity contribution in [2.24, 2.45) is 0 Å². The third kappa shape index (κ3) is 3.86. The number of aromatic nitrogens is 1. The highest BCUT2D eigenvalue weighted by Crippen LogP contribution is 2.50. The van der Waals surface area contributed by atoms with Crippen molar-refractivity contribution in [1.82, 2.24) is 9.88 Å². The fraction of sp³-hybridized carbons (Fsp3) is 0.208. The second kappa shape index (κ2) is 8.02. The average Bonchev–Trinajstić information content (AvgIpc) is 3.57. The number of imide groups is 1. The number of benzene rings is 2. The van der Waals surface area contributed by atoms with Gasteiger partial charge in [-0.05, 0) is 54.8 Å². The fourth-order valence-corrected chi connectivity index (χ4v) is 4.45. The Kier molecular flexibility index (Phi) is 5.24. The minimum Gasteiger partial charge on any atom is -0.406 e. The SMILES string of the molecule is O=C1N(c2ccc(OC(F)(F)F)cc2)C(=O)C2(CC2)N1Cc1ccncc1-c1ccccc1Cl. The lowest BCUT2D eigenvalue weighted by molar-refractivity contribution is -0.274. The summed E-state index contributed by atoms with van der Waals surface area (Å²) in [5.74, 6) is -0.829. The Morgan fingerprint density at radius 1 is 1.00 bits per heavy atom. The van der Waals surface area contributed by atoms with Crippen LogP contribution in [0, 0.1) is 0 Å². The molecule has 2 aromatic carbocycles. The van der Waals surface area contributed by atoms with Gasteiger partial charge >= 0.3 is 12.4 Å². The number of carbonyl (C=O) groups is 2. The molecule has 1 aromatic heterocycles. The van der Waals surface area contributed by atoms with E-state index >= 15 is 0 Å². The quantitative estimate of drug-likeness (QED) is 0.427. The maximum Gasteiger partial charge on any atom is 0.573 e. The van der Waals surface area contributed by atoms with Crippen LogP contribution in [0.4, 0.5) is 23.7 Å². The van der Waals surface area contributed by atoms with Crippen LogP contribution in [-0.2, 0) is 11.3 Å². The van der Waals surface area contributed by atoms with E-state index in [0.29, 0.717) is 17.9 Å². The van der Waals surface area contributed by atoms with Crippen LogP contribution in [0.15, 0.2) is 67.0 Å². The Hall–Kier alpha value is -3.59. The van der Waals surface area contributed by atoms with Gasteiger partial charge in [0.15, 0.2) is 0 Å². The molecule has 0 unspecified atom stereocenters. The number of nitrogens with zero attached hydrogens (tertiary/aromatic N) is 3. The van der Waals surface area contributed by atoms with Crippen molar-refractivity contribution in [2.45, 2.75) is 31.3 Å². The molecule has 0 atom stereocenters. The van der Waals surface area contributed by atoms with Gasteiger partial charge in [-0.2, -0.15) is 0 Å². The number of pyridine rings is 1. The third-order valence-electron chi connectivity index (χ3n) is 6.00. The van der Waals surface area contributed by atoms with Crippen LogP contribution in [0.1, 0.15) is 18.4 Å². The highest BCUT2D eigenvalue weighted by atomic mass is 35.5. The van der Waals surface area contributed by atoms with E-state index in [1.807, 2.05) is 18.2 Å². The number of rotatable bonds is 5. The summed E-state index contributed by atoms with van der Waals surface area (Å²) in [7, 11) is 0. The Labute approximate surface area is 197 Å². The predicted octanol–water partition coefficient (Wildman–Crippen LogP) is 5.80. The number of urea groups is 1. The zero-order chi connectivity index (χ0) is 24.1. The summed E-state index contributed by atoms with van der Waals surface area (Å²) < 4.78 is 41.2. The molecule has 6 nitrogen and oxygen atoms in total. The van der Waals surface area contributed by atoms with E-state index in [2.05, 4.69) is 9.72 Å². The molecular weight excluding hydrogens is 471 g/mol. The summed E-state index contributed by atoms with van der Waals surface area (Å²) in [6, 6.07) is 13.2. The van der Waals surface area contributed by atoms with Crippen molar-refractivity contribution in [2.75, 3.05) is 4.90 Å². The van der Waals surface area contributed by atoms with E-state index in [1.54, 1.807) is 24.5 Å². The summed E-state index contributed by atoms with van der Waals surface area (Å²) in [6.45, 7) is 0.152. The van der Waals surface area contributed by atoms with Gasteiger partial charge in [-0.15, -0.1) is 13.2 Å². The number of ether oxygens (including phenoxy) is 1. The molecule has 1 spiro atoms. The Bertz CT molecular complexity index is 1280. The Morgan fingerprint density at radius 2 is 1.71 bits per heavy atom. The zero-order valence-electron chi connectivity index (χ0n) is 17.6. The molecule has 1 aliphatic heterocycles. The molecule has 1 saturated carbocycles. The smallest absolute Gasteiger partial charge is 0.406 e. The number of amides is 3. The first-order valence-electron chi connectivity index (χ1n) is 10.4. The minimum atomic E-state index is -4.83. The van der Waals surface area contributed by atoms with E-state index in [0.717, 1.165) is 33.7 Å². The van der Waals surface area contributed by atoms with E-state index < -0.39 is 29.6 Å². The highest BCUT2D eigenvalue weighted by molar-refractivity contribution is 6.33. The van der Waals surface area contributed by atoms with E-state index in [-0.39, 0.29) is 12.2 Å². The molecule has 1 aliphatic carbocycles. The van der Waals surface area contributed by atoms with Crippen LogP contribution in [0.2, 0.25) is 5.02 Å². The molecule has 2 fully saturated rings. The van der Waals surface area contributed by atoms with Gasteiger partial charge < -0.3 is 9.64 Å². The van der Waals surface area contributed by atoms with Gasteiger partial charge in [0.25, 0.3) is 5.91 Å². The van der Waals surface area contributed by atoms with Crippen LogP contribution in [0.3, 0.4) is 0 Å². The summed E-state index contributed by atoms with van der Waals surface area (Å²) in [5, 5.41) is 0.532. The van der Waals surface area contributed by atoms with Crippen molar-refractivity contribution < 1.29 is 27.5 Å². The molecule has 2 aliphatic rings. The van der Waals surface area contributed by atoms with Gasteiger partial charge in [0.1, 0.15) is 11.3 Å². The second-order valence-corrected chi connectivity index (χ2v) is 8.50. The van der Waals surface area contributed by atoms with Gasteiger partial charge in [0.05, 0.1) is 5.69 Å². The number of hydrogen-bond donors (Lipinski definition) is 0. The maximum atomic E-state index is 13.4. The van der Waals surface area contributed by atoms with Gasteiger partial charge in [-0.1, -0.05) is 29.8 Å². The van der Waals surface area contributed by atoms with Crippen molar-refractivity contribution in [3.8, 4) is 16.9 Å². The van der Waals surface area contributed by atoms with E-state index in [1.165, 1.54) is 17.0 Å². The van der Waals surface area contributed by atoms with Crippen LogP contribution in [0.5, 0.6) is 5.75 Å². The zero-order valence-corrected chi connectivity index (χ0v) is 18.3. The molecule has 3 aromatic rings. The lowest BCUT2D eigenvalue weighted by atomic mass is 10.0. The topological polar surface area (TPSA) is 62.7 Å². The number of carbonyl (C=O) groups excluding carboxylic acids is 2. The molecule has 34 heavy (non-hydrogen) atoms. The molecule has 5 rings (SSSR count). The summed E-state index contributed by atoms with van der Waals surface area (Å²) in [4.78, 5) is 33.3. The van der Waals surface area contributed by atoms with Crippen molar-refractivity contribution in [3.05, 3.63) is 77.6 Å². The standard InChI is InChI=1S/C24H17ClF3N3O3/c25-20-4-2-1-3-18(20)19-13-29-12-9-15(19)14-30-22(33)31(21(32)23(30)10-11-23)16-5-7-17(8-6-16)34-24(26,27)28/h1-9,12-13H,10-11,14H2. The Balaban J connectivity index is 1.45. The van der Waals surface area contributed by atoms with Gasteiger partial charge in [-0.25, -0.2) is 9.69 Å². The molecule has 0 bridgehead atoms. The largest absolute Gasteiger partial charge is 0.573 e. The minimum absolute atomic E-state index is 0.152. The van der Waals surface area contributed by atoms with E-state index in [4.69, 9.17) is 11.6 Å². The first-order chi connectivity index (χ1) is 16.2. The van der Waals surface area contributed by atoms with Crippen LogP contribution in [-0.4, -0.2) is 33.7 Å². The molecule has 2 heterocycles. The number of halogens is 4. The summed E-state index contributed by atoms with van der Waals surface area (Å²) in [6.07, 6.45) is -0.546. The normalized spacial score (nSPS) is 16.9. The monoisotopic (exact) mass is 487 g/mol. The van der Waals surface area contributed by atoms with Crippen molar-refractivity contribution in [1.29, 1.82) is 0 Å². The van der Waals surface area contributed by atoms with Crippen LogP contribution in [0.25, 0.3) is 11.1 Å². The van der Waals surface area contributed by atoms with Crippen LogP contribution < -0.4 is 9.64 Å². The first kappa shape index (κ1) is 22.2. The summed E-state index contributed by atoms with van der Waals surface area (Å²) in [5.41, 5.74) is 1.49. The predicted molar refractivity (Wildman–Crippen MR) is 118 cm³/mol. The lowest BCUT2D eigenvalue weighted by Crippen LogP contribution is -2.36. The number of anilines is 1. The molecule has 3 amide bonds.